The number of fused-ring (bicyclic) bond motifs is 1. The minimum Gasteiger partial charge on any atom is -0.334 e. The monoisotopic (exact) mass is 481 g/mol. The third kappa shape index (κ3) is 3.81. The van der Waals surface area contributed by atoms with E-state index < -0.39 is 0 Å². The van der Waals surface area contributed by atoms with E-state index in [4.69, 9.17) is 16.6 Å². The van der Waals surface area contributed by atoms with E-state index in [2.05, 4.69) is 4.90 Å². The molecule has 32 heavy (non-hydrogen) atoms. The maximum atomic E-state index is 13.7. The Morgan fingerprint density at radius 3 is 2.47 bits per heavy atom. The fraction of sp³-hybridized carbons (Fsp3) is 0.0833. The first-order valence-corrected chi connectivity index (χ1v) is 12.0. The van der Waals surface area contributed by atoms with Gasteiger partial charge in [-0.05, 0) is 73.3 Å². The molecule has 160 valence electrons. The number of anilines is 2. The van der Waals surface area contributed by atoms with Gasteiger partial charge in [0.05, 0.1) is 17.1 Å². The van der Waals surface area contributed by atoms with Crippen molar-refractivity contribution in [3.8, 4) is 0 Å². The third-order valence-corrected chi connectivity index (χ3v) is 7.60. The summed E-state index contributed by atoms with van der Waals surface area (Å²) in [6.45, 7) is 2.73. The summed E-state index contributed by atoms with van der Waals surface area (Å²) in [5.74, 6) is -0.542. The highest BCUT2D eigenvalue weighted by molar-refractivity contribution is 8.20. The average molecular weight is 482 g/mol. The van der Waals surface area contributed by atoms with Crippen LogP contribution < -0.4 is 9.80 Å². The third-order valence-electron chi connectivity index (χ3n) is 5.02. The zero-order chi connectivity index (χ0) is 22.2. The average Bonchev–Trinajstić information content (AvgIpc) is 3.31. The lowest BCUT2D eigenvalue weighted by Crippen LogP contribution is -2.29. The second-order valence-corrected chi connectivity index (χ2v) is 9.49. The minimum atomic E-state index is -0.357. The Hall–Kier alpha value is -2.74. The topological polar surface area (TPSA) is 35.9 Å². The van der Waals surface area contributed by atoms with Crippen molar-refractivity contribution in [1.29, 1.82) is 0 Å². The van der Waals surface area contributed by atoms with Gasteiger partial charge in [-0.25, -0.2) is 9.38 Å². The fourth-order valence-electron chi connectivity index (χ4n) is 3.55. The number of rotatable bonds is 3. The Morgan fingerprint density at radius 1 is 1.00 bits per heavy atom. The van der Waals surface area contributed by atoms with Crippen LogP contribution >= 0.6 is 35.1 Å². The Labute approximate surface area is 198 Å². The summed E-state index contributed by atoms with van der Waals surface area (Å²) < 4.78 is 13.5. The van der Waals surface area contributed by atoms with Crippen molar-refractivity contribution < 1.29 is 9.18 Å². The summed E-state index contributed by atoms with van der Waals surface area (Å²) in [4.78, 5) is 23.7. The van der Waals surface area contributed by atoms with Gasteiger partial charge in [-0.1, -0.05) is 41.6 Å². The first kappa shape index (κ1) is 21.1. The van der Waals surface area contributed by atoms with Gasteiger partial charge in [0.15, 0.2) is 5.17 Å². The number of halogens is 2. The summed E-state index contributed by atoms with van der Waals surface area (Å²) in [7, 11) is 0. The largest absolute Gasteiger partial charge is 0.334 e. The molecular weight excluding hydrogens is 465 g/mol. The standard InChI is InChI=1S/C24H17ClFN3OS2/c1-2-28-19-14-15(25)8-13-20(19)31-23(28)21-22(30)29(18-11-9-16(26)10-12-18)24(32-21)27-17-6-4-3-5-7-17/h3-14H,2H2,1H3/b23-21-,27-24?. The van der Waals surface area contributed by atoms with Gasteiger partial charge in [0.25, 0.3) is 5.91 Å². The van der Waals surface area contributed by atoms with Crippen LogP contribution in [0.4, 0.5) is 21.5 Å². The lowest BCUT2D eigenvalue weighted by Gasteiger charge is -2.19. The van der Waals surface area contributed by atoms with E-state index >= 15 is 0 Å². The zero-order valence-electron chi connectivity index (χ0n) is 17.0. The summed E-state index contributed by atoms with van der Waals surface area (Å²) in [5, 5.41) is 2.03. The van der Waals surface area contributed by atoms with Crippen LogP contribution in [-0.4, -0.2) is 17.6 Å². The van der Waals surface area contributed by atoms with Crippen molar-refractivity contribution in [2.45, 2.75) is 11.8 Å². The van der Waals surface area contributed by atoms with Gasteiger partial charge in [0.2, 0.25) is 0 Å². The number of amidine groups is 1. The molecule has 0 bridgehead atoms. The number of benzene rings is 3. The molecule has 3 aromatic carbocycles. The van der Waals surface area contributed by atoms with Crippen molar-refractivity contribution >= 4 is 63.3 Å². The van der Waals surface area contributed by atoms with Gasteiger partial charge in [-0.15, -0.1) is 0 Å². The molecule has 4 nitrogen and oxygen atoms in total. The van der Waals surface area contributed by atoms with E-state index in [0.29, 0.717) is 27.3 Å². The maximum Gasteiger partial charge on any atom is 0.274 e. The van der Waals surface area contributed by atoms with E-state index in [1.807, 2.05) is 55.5 Å². The van der Waals surface area contributed by atoms with Crippen molar-refractivity contribution in [3.05, 3.63) is 93.6 Å². The normalized spacial score (nSPS) is 19.2. The first-order chi connectivity index (χ1) is 15.5. The predicted octanol–water partition coefficient (Wildman–Crippen LogP) is 7.05. The molecular formula is C24H17ClFN3OS2. The minimum absolute atomic E-state index is 0.184. The highest BCUT2D eigenvalue weighted by Crippen LogP contribution is 2.51. The van der Waals surface area contributed by atoms with Crippen LogP contribution in [0.15, 0.2) is 92.6 Å². The molecule has 0 N–H and O–H groups in total. The summed E-state index contributed by atoms with van der Waals surface area (Å²) in [6, 6.07) is 21.1. The molecule has 1 fully saturated rings. The molecule has 2 aliphatic rings. The van der Waals surface area contributed by atoms with Crippen LogP contribution in [-0.2, 0) is 4.79 Å². The van der Waals surface area contributed by atoms with Crippen LogP contribution in [0.25, 0.3) is 0 Å². The van der Waals surface area contributed by atoms with Gasteiger partial charge in [-0.3, -0.25) is 9.69 Å². The maximum absolute atomic E-state index is 13.7. The summed E-state index contributed by atoms with van der Waals surface area (Å²) in [5.41, 5.74) is 2.30. The van der Waals surface area contributed by atoms with E-state index in [1.165, 1.54) is 23.9 Å². The number of nitrogens with zero attached hydrogens (tertiary/aromatic N) is 3. The molecule has 0 unspecified atom stereocenters. The molecule has 3 aromatic rings. The SMILES string of the molecule is CCN1/C(=C2/SC(=Nc3ccccc3)N(c3ccc(F)cc3)C2=O)Sc2ccc(Cl)cc21. The molecule has 0 atom stereocenters. The Balaban J connectivity index is 1.63. The summed E-state index contributed by atoms with van der Waals surface area (Å²) >= 11 is 9.11. The van der Waals surface area contributed by atoms with Gasteiger partial charge in [-0.2, -0.15) is 0 Å². The Bertz CT molecular complexity index is 1260. The number of para-hydroxylation sites is 1. The van der Waals surface area contributed by atoms with Gasteiger partial charge >= 0.3 is 0 Å². The Morgan fingerprint density at radius 2 is 1.75 bits per heavy atom. The lowest BCUT2D eigenvalue weighted by molar-refractivity contribution is -0.113. The van der Waals surface area contributed by atoms with Crippen LogP contribution in [0.1, 0.15) is 6.92 Å². The van der Waals surface area contributed by atoms with Crippen molar-refractivity contribution in [2.24, 2.45) is 4.99 Å². The molecule has 0 aliphatic carbocycles. The molecule has 5 rings (SSSR count). The number of amides is 1. The van der Waals surface area contributed by atoms with Crippen LogP contribution in [0.3, 0.4) is 0 Å². The van der Waals surface area contributed by atoms with Crippen LogP contribution in [0, 0.1) is 5.82 Å². The van der Waals surface area contributed by atoms with Crippen LogP contribution in [0.5, 0.6) is 0 Å². The van der Waals surface area contributed by atoms with Crippen LogP contribution in [0.2, 0.25) is 5.02 Å². The molecule has 2 heterocycles. The zero-order valence-corrected chi connectivity index (χ0v) is 19.3. The van der Waals surface area contributed by atoms with Crippen molar-refractivity contribution in [2.75, 3.05) is 16.3 Å². The molecule has 8 heteroatoms. The van der Waals surface area contributed by atoms with E-state index in [0.717, 1.165) is 21.3 Å². The number of aliphatic imine (C=N–C) groups is 1. The highest BCUT2D eigenvalue weighted by Gasteiger charge is 2.40. The van der Waals surface area contributed by atoms with E-state index in [-0.39, 0.29) is 11.7 Å². The van der Waals surface area contributed by atoms with E-state index in [9.17, 15) is 9.18 Å². The molecule has 0 spiro atoms. The second kappa shape index (κ2) is 8.65. The van der Waals surface area contributed by atoms with Gasteiger partial charge < -0.3 is 4.90 Å². The first-order valence-electron chi connectivity index (χ1n) is 9.96. The lowest BCUT2D eigenvalue weighted by atomic mass is 10.2. The fourth-order valence-corrected chi connectivity index (χ4v) is 6.09. The number of hydrogen-bond donors (Lipinski definition) is 0. The molecule has 2 aliphatic heterocycles. The molecule has 0 saturated carbocycles. The van der Waals surface area contributed by atoms with E-state index in [1.54, 1.807) is 28.8 Å². The molecule has 0 radical (unpaired) electrons. The quantitative estimate of drug-likeness (QED) is 0.375. The number of thioether (sulfide) groups is 2. The van der Waals surface area contributed by atoms with Gasteiger partial charge in [0.1, 0.15) is 15.8 Å². The molecule has 1 saturated heterocycles. The number of hydrogen-bond acceptors (Lipinski definition) is 5. The Kier molecular flexibility index (Phi) is 5.71. The summed E-state index contributed by atoms with van der Waals surface area (Å²) in [6.07, 6.45) is 0. The molecule has 0 aromatic heterocycles. The highest BCUT2D eigenvalue weighted by atomic mass is 35.5. The second-order valence-electron chi connectivity index (χ2n) is 7.04. The molecule has 1 amide bonds. The number of carbonyl (C=O) groups excluding carboxylic acids is 1. The van der Waals surface area contributed by atoms with Crippen molar-refractivity contribution in [3.63, 3.8) is 0 Å². The van der Waals surface area contributed by atoms with Gasteiger partial charge in [0, 0.05) is 16.5 Å². The smallest absolute Gasteiger partial charge is 0.274 e. The predicted molar refractivity (Wildman–Crippen MR) is 132 cm³/mol. The van der Waals surface area contributed by atoms with Crippen molar-refractivity contribution in [1.82, 2.24) is 0 Å². The number of carbonyl (C=O) groups is 1.